The van der Waals surface area contributed by atoms with Crippen molar-refractivity contribution < 1.29 is 9.53 Å². The molecule has 0 aromatic heterocycles. The summed E-state index contributed by atoms with van der Waals surface area (Å²) in [7, 11) is 0. The number of rotatable bonds is 6. The van der Waals surface area contributed by atoms with Gasteiger partial charge in [-0.05, 0) is 40.2 Å². The van der Waals surface area contributed by atoms with E-state index in [1.165, 1.54) is 12.8 Å². The maximum atomic E-state index is 11.8. The van der Waals surface area contributed by atoms with Gasteiger partial charge in [0.2, 0.25) is 0 Å². The fraction of sp³-hybridized carbons (Fsp3) is 0.933. The van der Waals surface area contributed by atoms with Gasteiger partial charge >= 0.3 is 6.09 Å². The maximum absolute atomic E-state index is 11.8. The molecule has 0 spiro atoms. The number of hydrogen-bond donors (Lipinski definition) is 1. The summed E-state index contributed by atoms with van der Waals surface area (Å²) in [6.45, 7) is 12.7. The Balaban J connectivity index is 1.56. The maximum Gasteiger partial charge on any atom is 0.410 e. The molecule has 2 fully saturated rings. The van der Waals surface area contributed by atoms with Gasteiger partial charge in [-0.2, -0.15) is 0 Å². The number of ether oxygens (including phenoxy) is 1. The first-order valence-corrected chi connectivity index (χ1v) is 7.84. The second kappa shape index (κ2) is 6.31. The Morgan fingerprint density at radius 2 is 2.00 bits per heavy atom. The highest BCUT2D eigenvalue weighted by Crippen LogP contribution is 2.25. The Labute approximate surface area is 122 Å². The quantitative estimate of drug-likeness (QED) is 0.805. The van der Waals surface area contributed by atoms with Gasteiger partial charge in [-0.25, -0.2) is 4.79 Å². The summed E-state index contributed by atoms with van der Waals surface area (Å²) < 4.78 is 5.34. The van der Waals surface area contributed by atoms with Gasteiger partial charge in [0.1, 0.15) is 5.60 Å². The summed E-state index contributed by atoms with van der Waals surface area (Å²) in [5.74, 6) is 0. The molecule has 2 aliphatic rings. The van der Waals surface area contributed by atoms with Crippen molar-refractivity contribution in [2.75, 3.05) is 32.7 Å². The second-order valence-corrected chi connectivity index (χ2v) is 6.90. The molecule has 5 heteroatoms. The highest BCUT2D eigenvalue weighted by Gasteiger charge is 2.33. The van der Waals surface area contributed by atoms with E-state index in [9.17, 15) is 4.79 Å². The molecule has 1 aliphatic heterocycles. The third kappa shape index (κ3) is 4.63. The lowest BCUT2D eigenvalue weighted by Gasteiger charge is -2.40. The van der Waals surface area contributed by atoms with Crippen LogP contribution in [0.1, 0.15) is 40.5 Å². The molecule has 1 saturated carbocycles. The SMILES string of the molecule is CCN(CCNC1CN(C(=O)OC(C)(C)C)C1)C1CC1. The molecule has 2 rings (SSSR count). The summed E-state index contributed by atoms with van der Waals surface area (Å²) in [6.07, 6.45) is 2.54. The van der Waals surface area contributed by atoms with Gasteiger partial charge in [0.25, 0.3) is 0 Å². The molecule has 1 N–H and O–H groups in total. The minimum atomic E-state index is -0.401. The van der Waals surface area contributed by atoms with E-state index < -0.39 is 5.60 Å². The fourth-order valence-corrected chi connectivity index (χ4v) is 2.53. The molecule has 0 radical (unpaired) electrons. The Kier molecular flexibility index (Phi) is 4.91. The summed E-state index contributed by atoms with van der Waals surface area (Å²) in [6, 6.07) is 1.27. The predicted octanol–water partition coefficient (Wildman–Crippen LogP) is 1.68. The molecule has 1 aliphatic carbocycles. The number of carbonyl (C=O) groups excluding carboxylic acids is 1. The van der Waals surface area contributed by atoms with Gasteiger partial charge < -0.3 is 15.0 Å². The van der Waals surface area contributed by atoms with Crippen LogP contribution in [-0.2, 0) is 4.74 Å². The minimum absolute atomic E-state index is 0.191. The van der Waals surface area contributed by atoms with Crippen LogP contribution in [0, 0.1) is 0 Å². The lowest BCUT2D eigenvalue weighted by atomic mass is 10.1. The topological polar surface area (TPSA) is 44.8 Å². The van der Waals surface area contributed by atoms with Crippen molar-refractivity contribution in [3.05, 3.63) is 0 Å². The molecule has 0 bridgehead atoms. The van der Waals surface area contributed by atoms with E-state index in [4.69, 9.17) is 4.74 Å². The van der Waals surface area contributed by atoms with Crippen molar-refractivity contribution >= 4 is 6.09 Å². The monoisotopic (exact) mass is 283 g/mol. The Morgan fingerprint density at radius 1 is 1.35 bits per heavy atom. The van der Waals surface area contributed by atoms with E-state index >= 15 is 0 Å². The summed E-state index contributed by atoms with van der Waals surface area (Å²) >= 11 is 0. The Bertz CT molecular complexity index is 331. The van der Waals surface area contributed by atoms with E-state index in [2.05, 4.69) is 17.1 Å². The van der Waals surface area contributed by atoms with Crippen molar-refractivity contribution in [1.29, 1.82) is 0 Å². The van der Waals surface area contributed by atoms with Crippen molar-refractivity contribution in [2.45, 2.75) is 58.2 Å². The molecule has 1 amide bonds. The fourth-order valence-electron chi connectivity index (χ4n) is 2.53. The highest BCUT2D eigenvalue weighted by molar-refractivity contribution is 5.69. The van der Waals surface area contributed by atoms with Gasteiger partial charge in [0.15, 0.2) is 0 Å². The third-order valence-electron chi connectivity index (χ3n) is 3.83. The standard InChI is InChI=1S/C15H29N3O2/c1-5-17(13-6-7-13)9-8-16-12-10-18(11-12)14(19)20-15(2,3)4/h12-13,16H,5-11H2,1-4H3. The lowest BCUT2D eigenvalue weighted by Crippen LogP contribution is -2.61. The largest absolute Gasteiger partial charge is 0.444 e. The summed E-state index contributed by atoms with van der Waals surface area (Å²) in [5, 5.41) is 3.52. The smallest absolute Gasteiger partial charge is 0.410 e. The second-order valence-electron chi connectivity index (χ2n) is 6.90. The normalized spacial score (nSPS) is 20.1. The van der Waals surface area contributed by atoms with Crippen LogP contribution in [0.25, 0.3) is 0 Å². The van der Waals surface area contributed by atoms with E-state index in [0.29, 0.717) is 6.04 Å². The van der Waals surface area contributed by atoms with Crippen molar-refractivity contribution in [3.8, 4) is 0 Å². The number of amides is 1. The van der Waals surface area contributed by atoms with E-state index in [1.807, 2.05) is 20.8 Å². The van der Waals surface area contributed by atoms with Crippen LogP contribution in [0.5, 0.6) is 0 Å². The number of nitrogens with one attached hydrogen (secondary N) is 1. The summed E-state index contributed by atoms with van der Waals surface area (Å²) in [5.41, 5.74) is -0.401. The summed E-state index contributed by atoms with van der Waals surface area (Å²) in [4.78, 5) is 16.1. The van der Waals surface area contributed by atoms with Crippen LogP contribution in [-0.4, -0.2) is 66.3 Å². The molecule has 20 heavy (non-hydrogen) atoms. The van der Waals surface area contributed by atoms with Gasteiger partial charge in [0, 0.05) is 38.3 Å². The molecule has 5 nitrogen and oxygen atoms in total. The van der Waals surface area contributed by atoms with Gasteiger partial charge in [0.05, 0.1) is 0 Å². The van der Waals surface area contributed by atoms with Crippen LogP contribution >= 0.6 is 0 Å². The predicted molar refractivity (Wildman–Crippen MR) is 79.9 cm³/mol. The van der Waals surface area contributed by atoms with Crippen LogP contribution in [0.3, 0.4) is 0 Å². The van der Waals surface area contributed by atoms with E-state index in [0.717, 1.165) is 38.8 Å². The minimum Gasteiger partial charge on any atom is -0.444 e. The van der Waals surface area contributed by atoms with Gasteiger partial charge in [-0.15, -0.1) is 0 Å². The molecule has 0 aromatic carbocycles. The molecule has 0 aromatic rings. The van der Waals surface area contributed by atoms with E-state index in [-0.39, 0.29) is 6.09 Å². The molecule has 0 atom stereocenters. The van der Waals surface area contributed by atoms with Crippen molar-refractivity contribution in [3.63, 3.8) is 0 Å². The zero-order valence-corrected chi connectivity index (χ0v) is 13.3. The molecule has 1 heterocycles. The average Bonchev–Trinajstić information content (AvgIpc) is 3.07. The van der Waals surface area contributed by atoms with Crippen LogP contribution in [0.4, 0.5) is 4.79 Å². The first kappa shape index (κ1) is 15.6. The van der Waals surface area contributed by atoms with Crippen molar-refractivity contribution in [1.82, 2.24) is 15.1 Å². The lowest BCUT2D eigenvalue weighted by molar-refractivity contribution is 0.00518. The third-order valence-corrected chi connectivity index (χ3v) is 3.83. The first-order chi connectivity index (χ1) is 9.39. The number of nitrogens with zero attached hydrogens (tertiary/aromatic N) is 2. The van der Waals surface area contributed by atoms with Gasteiger partial charge in [-0.3, -0.25) is 4.90 Å². The first-order valence-electron chi connectivity index (χ1n) is 7.84. The average molecular weight is 283 g/mol. The van der Waals surface area contributed by atoms with Crippen molar-refractivity contribution in [2.24, 2.45) is 0 Å². The zero-order valence-electron chi connectivity index (χ0n) is 13.3. The highest BCUT2D eigenvalue weighted by atomic mass is 16.6. The van der Waals surface area contributed by atoms with Crippen LogP contribution in [0.15, 0.2) is 0 Å². The Morgan fingerprint density at radius 3 is 2.50 bits per heavy atom. The van der Waals surface area contributed by atoms with Crippen LogP contribution in [0.2, 0.25) is 0 Å². The van der Waals surface area contributed by atoms with E-state index in [1.54, 1.807) is 4.90 Å². The number of carbonyl (C=O) groups is 1. The van der Waals surface area contributed by atoms with Gasteiger partial charge in [-0.1, -0.05) is 6.92 Å². The molecular weight excluding hydrogens is 254 g/mol. The number of likely N-dealkylation sites (tertiary alicyclic amines) is 1. The molecule has 0 unspecified atom stereocenters. The molecule has 1 saturated heterocycles. The number of hydrogen-bond acceptors (Lipinski definition) is 4. The Hall–Kier alpha value is -0.810. The van der Waals surface area contributed by atoms with Crippen LogP contribution < -0.4 is 5.32 Å². The zero-order chi connectivity index (χ0) is 14.8. The molecule has 116 valence electrons. The number of likely N-dealkylation sites (N-methyl/N-ethyl adjacent to an activating group) is 1. The molecular formula is C15H29N3O2.